The van der Waals surface area contributed by atoms with Gasteiger partial charge in [0.2, 0.25) is 0 Å². The molecule has 0 saturated carbocycles. The molecule has 0 unspecified atom stereocenters. The number of nitrogens with zero attached hydrogens (tertiary/aromatic N) is 3. The molecule has 5 heteroatoms. The highest BCUT2D eigenvalue weighted by Crippen LogP contribution is 2.38. The first-order chi connectivity index (χ1) is 12.4. The van der Waals surface area contributed by atoms with Crippen LogP contribution in [0.3, 0.4) is 0 Å². The van der Waals surface area contributed by atoms with Crippen molar-refractivity contribution in [2.45, 2.75) is 5.54 Å². The van der Waals surface area contributed by atoms with Crippen molar-refractivity contribution in [3.63, 3.8) is 0 Å². The van der Waals surface area contributed by atoms with Crippen LogP contribution in [0.15, 0.2) is 91.0 Å². The number of nitrogens with one attached hydrogen (secondary N) is 2. The van der Waals surface area contributed by atoms with Crippen LogP contribution < -0.4 is 5.32 Å². The molecule has 4 rings (SSSR count). The molecule has 0 aliphatic heterocycles. The molecule has 0 spiro atoms. The second-order valence-corrected chi connectivity index (χ2v) is 5.71. The highest BCUT2D eigenvalue weighted by Gasteiger charge is 2.37. The average Bonchev–Trinajstić information content (AvgIpc) is 3.21. The van der Waals surface area contributed by atoms with Crippen molar-refractivity contribution in [1.29, 1.82) is 0 Å². The van der Waals surface area contributed by atoms with Gasteiger partial charge in [0.15, 0.2) is 0 Å². The van der Waals surface area contributed by atoms with Gasteiger partial charge in [0.25, 0.3) is 5.95 Å². The van der Waals surface area contributed by atoms with E-state index in [9.17, 15) is 0 Å². The number of hydrogen-bond donors (Lipinski definition) is 2. The number of tetrazole rings is 1. The minimum Gasteiger partial charge on any atom is -0.334 e. The maximum absolute atomic E-state index is 4.12. The van der Waals surface area contributed by atoms with E-state index in [1.165, 1.54) is 0 Å². The third kappa shape index (κ3) is 2.76. The summed E-state index contributed by atoms with van der Waals surface area (Å²) in [5.74, 6) is 0.441. The predicted molar refractivity (Wildman–Crippen MR) is 97.0 cm³/mol. The van der Waals surface area contributed by atoms with Gasteiger partial charge in [-0.2, -0.15) is 5.21 Å². The van der Waals surface area contributed by atoms with E-state index in [0.717, 1.165) is 16.7 Å². The number of aromatic nitrogens is 4. The summed E-state index contributed by atoms with van der Waals surface area (Å²) in [7, 11) is 0. The Balaban J connectivity index is 2.01. The maximum atomic E-state index is 4.12. The van der Waals surface area contributed by atoms with E-state index in [-0.39, 0.29) is 0 Å². The summed E-state index contributed by atoms with van der Waals surface area (Å²) in [6.07, 6.45) is 0. The molecule has 0 atom stereocenters. The number of H-pyrrole nitrogens is 1. The van der Waals surface area contributed by atoms with Gasteiger partial charge < -0.3 is 5.32 Å². The van der Waals surface area contributed by atoms with E-state index in [1.807, 2.05) is 54.6 Å². The van der Waals surface area contributed by atoms with Crippen LogP contribution in [0, 0.1) is 0 Å². The lowest BCUT2D eigenvalue weighted by atomic mass is 9.77. The number of anilines is 1. The van der Waals surface area contributed by atoms with Gasteiger partial charge in [0, 0.05) is 0 Å². The number of aromatic amines is 1. The molecule has 0 aliphatic carbocycles. The Bertz CT molecular complexity index is 810. The Kier molecular flexibility index (Phi) is 3.96. The summed E-state index contributed by atoms with van der Waals surface area (Å²) in [5.41, 5.74) is 2.65. The largest absolute Gasteiger partial charge is 0.334 e. The Morgan fingerprint density at radius 1 is 0.640 bits per heavy atom. The molecular formula is C20H17N5. The molecule has 25 heavy (non-hydrogen) atoms. The van der Waals surface area contributed by atoms with Crippen LogP contribution in [0.1, 0.15) is 16.7 Å². The summed E-state index contributed by atoms with van der Waals surface area (Å²) in [5, 5.41) is 17.9. The minimum absolute atomic E-state index is 0.441. The van der Waals surface area contributed by atoms with Gasteiger partial charge in [-0.1, -0.05) is 96.1 Å². The third-order valence-corrected chi connectivity index (χ3v) is 4.27. The van der Waals surface area contributed by atoms with Gasteiger partial charge in [-0.25, -0.2) is 0 Å². The molecule has 0 saturated heterocycles. The van der Waals surface area contributed by atoms with E-state index in [4.69, 9.17) is 0 Å². The molecule has 0 fully saturated rings. The highest BCUT2D eigenvalue weighted by molar-refractivity contribution is 5.56. The second kappa shape index (κ2) is 6.57. The van der Waals surface area contributed by atoms with Crippen molar-refractivity contribution >= 4 is 5.95 Å². The lowest BCUT2D eigenvalue weighted by Crippen LogP contribution is -2.38. The molecule has 0 bridgehead atoms. The van der Waals surface area contributed by atoms with Gasteiger partial charge >= 0.3 is 0 Å². The van der Waals surface area contributed by atoms with Gasteiger partial charge in [0.1, 0.15) is 5.54 Å². The molecule has 0 aliphatic rings. The van der Waals surface area contributed by atoms with E-state index in [0.29, 0.717) is 5.95 Å². The lowest BCUT2D eigenvalue weighted by Gasteiger charge is -2.36. The van der Waals surface area contributed by atoms with Gasteiger partial charge in [-0.05, 0) is 21.9 Å². The molecule has 0 radical (unpaired) electrons. The van der Waals surface area contributed by atoms with E-state index < -0.39 is 5.54 Å². The van der Waals surface area contributed by atoms with Crippen molar-refractivity contribution in [2.75, 3.05) is 5.32 Å². The fraction of sp³-hybridized carbons (Fsp3) is 0.0500. The molecule has 4 aromatic rings. The number of rotatable bonds is 5. The number of benzene rings is 3. The van der Waals surface area contributed by atoms with Crippen LogP contribution >= 0.6 is 0 Å². The van der Waals surface area contributed by atoms with Crippen LogP contribution in [-0.4, -0.2) is 20.6 Å². The van der Waals surface area contributed by atoms with Crippen molar-refractivity contribution < 1.29 is 0 Å². The zero-order valence-electron chi connectivity index (χ0n) is 13.5. The Hall–Kier alpha value is -3.47. The van der Waals surface area contributed by atoms with Crippen LogP contribution in [0.25, 0.3) is 0 Å². The van der Waals surface area contributed by atoms with Gasteiger partial charge in [0.05, 0.1) is 0 Å². The molecular weight excluding hydrogens is 310 g/mol. The molecule has 2 N–H and O–H groups in total. The summed E-state index contributed by atoms with van der Waals surface area (Å²) in [6, 6.07) is 30.9. The minimum atomic E-state index is -0.631. The fourth-order valence-electron chi connectivity index (χ4n) is 3.16. The predicted octanol–water partition coefficient (Wildman–Crippen LogP) is 3.60. The van der Waals surface area contributed by atoms with Crippen LogP contribution in [0.5, 0.6) is 0 Å². The van der Waals surface area contributed by atoms with Crippen molar-refractivity contribution in [3.05, 3.63) is 108 Å². The normalized spacial score (nSPS) is 11.2. The number of hydrogen-bond acceptors (Lipinski definition) is 4. The molecule has 1 heterocycles. The van der Waals surface area contributed by atoms with Crippen LogP contribution in [0.2, 0.25) is 0 Å². The first-order valence-electron chi connectivity index (χ1n) is 8.08. The Morgan fingerprint density at radius 2 is 1.08 bits per heavy atom. The Labute approximate surface area is 145 Å². The van der Waals surface area contributed by atoms with E-state index in [1.54, 1.807) is 0 Å². The van der Waals surface area contributed by atoms with E-state index in [2.05, 4.69) is 62.3 Å². The third-order valence-electron chi connectivity index (χ3n) is 4.27. The molecule has 3 aromatic carbocycles. The zero-order valence-corrected chi connectivity index (χ0v) is 13.5. The van der Waals surface area contributed by atoms with Crippen molar-refractivity contribution in [3.8, 4) is 0 Å². The quantitative estimate of drug-likeness (QED) is 0.550. The zero-order chi connectivity index (χ0) is 17.0. The fourth-order valence-corrected chi connectivity index (χ4v) is 3.16. The first-order valence-corrected chi connectivity index (χ1v) is 8.08. The van der Waals surface area contributed by atoms with Crippen LogP contribution in [-0.2, 0) is 5.54 Å². The second-order valence-electron chi connectivity index (χ2n) is 5.71. The smallest absolute Gasteiger partial charge is 0.264 e. The summed E-state index contributed by atoms with van der Waals surface area (Å²) in [6.45, 7) is 0. The SMILES string of the molecule is c1ccc(C(Nc2nn[nH]n2)(c2ccccc2)c2ccccc2)cc1. The molecule has 0 amide bonds. The molecule has 122 valence electrons. The maximum Gasteiger partial charge on any atom is 0.264 e. The standard InChI is InChI=1S/C20H17N5/c1-4-10-16(11-5-1)20(17-12-6-2-7-13-17,18-14-8-3-9-15-18)21-19-22-24-25-23-19/h1-15H,(H2,21,22,23,24,25). The van der Waals surface area contributed by atoms with Gasteiger partial charge in [-0.3, -0.25) is 0 Å². The summed E-state index contributed by atoms with van der Waals surface area (Å²) < 4.78 is 0. The first kappa shape index (κ1) is 15.1. The van der Waals surface area contributed by atoms with Gasteiger partial charge in [-0.15, -0.1) is 5.10 Å². The Morgan fingerprint density at radius 3 is 1.44 bits per heavy atom. The monoisotopic (exact) mass is 327 g/mol. The molecule has 1 aromatic heterocycles. The van der Waals surface area contributed by atoms with E-state index >= 15 is 0 Å². The lowest BCUT2D eigenvalue weighted by molar-refractivity contribution is 0.701. The topological polar surface area (TPSA) is 66.5 Å². The van der Waals surface area contributed by atoms with Crippen LogP contribution in [0.4, 0.5) is 5.95 Å². The summed E-state index contributed by atoms with van der Waals surface area (Å²) >= 11 is 0. The average molecular weight is 327 g/mol. The summed E-state index contributed by atoms with van der Waals surface area (Å²) in [4.78, 5) is 0. The molecule has 5 nitrogen and oxygen atoms in total. The van der Waals surface area contributed by atoms with Crippen molar-refractivity contribution in [2.24, 2.45) is 0 Å². The van der Waals surface area contributed by atoms with Crippen molar-refractivity contribution in [1.82, 2.24) is 20.6 Å². The highest BCUT2D eigenvalue weighted by atomic mass is 15.5.